The van der Waals surface area contributed by atoms with Crippen LogP contribution in [0.25, 0.3) is 10.8 Å². The van der Waals surface area contributed by atoms with Crippen LogP contribution in [0, 0.1) is 11.8 Å². The lowest BCUT2D eigenvalue weighted by molar-refractivity contribution is -0.137. The predicted molar refractivity (Wildman–Crippen MR) is 97.7 cm³/mol. The number of methoxy groups -OCH3 is 1. The van der Waals surface area contributed by atoms with E-state index in [4.69, 9.17) is 16.2 Å². The number of benzene rings is 2. The highest BCUT2D eigenvalue weighted by molar-refractivity contribution is 5.91. The van der Waals surface area contributed by atoms with Gasteiger partial charge in [0.05, 0.1) is 18.4 Å². The van der Waals surface area contributed by atoms with Crippen molar-refractivity contribution < 1.29 is 19.1 Å². The molecule has 0 saturated carbocycles. The summed E-state index contributed by atoms with van der Waals surface area (Å²) < 4.78 is 5.04. The van der Waals surface area contributed by atoms with Gasteiger partial charge >= 0.3 is 0 Å². The summed E-state index contributed by atoms with van der Waals surface area (Å²) in [6, 6.07) is 13.7. The van der Waals surface area contributed by atoms with Crippen LogP contribution in [0.3, 0.4) is 0 Å². The van der Waals surface area contributed by atoms with Crippen molar-refractivity contribution in [2.45, 2.75) is 13.0 Å². The second kappa shape index (κ2) is 8.96. The molecule has 0 spiro atoms. The zero-order valence-electron chi connectivity index (χ0n) is 14.6. The maximum absolute atomic E-state index is 12.6. The molecule has 0 fully saturated rings. The van der Waals surface area contributed by atoms with E-state index in [-0.39, 0.29) is 19.6 Å². The summed E-state index contributed by atoms with van der Waals surface area (Å²) in [5.74, 6) is -3.77. The van der Waals surface area contributed by atoms with Crippen molar-refractivity contribution in [1.29, 1.82) is 0 Å². The fraction of sp³-hybridized carbons (Fsp3) is 0.316. The number of nitrogens with one attached hydrogen (secondary N) is 1. The standard InChI is InChI=1S/C19H23N3O4/c1-26-11-16(15(18(21)24)9-17(20)23)19(25)22-10-13-7-4-6-12-5-2-3-8-14(12)13/h2-8,15-16H,9-11H2,1H3,(H2,20,23)(H2,21,24)(H,22,25)/t15?,16-/m1/s1. The number of amides is 3. The average molecular weight is 357 g/mol. The zero-order chi connectivity index (χ0) is 19.1. The first kappa shape index (κ1) is 19.4. The van der Waals surface area contributed by atoms with E-state index < -0.39 is 29.6 Å². The number of carbonyl (C=O) groups excluding carboxylic acids is 3. The van der Waals surface area contributed by atoms with Gasteiger partial charge in [-0.15, -0.1) is 0 Å². The molecule has 3 amide bonds. The van der Waals surface area contributed by atoms with Crippen molar-refractivity contribution in [3.05, 3.63) is 48.0 Å². The number of fused-ring (bicyclic) bond motifs is 1. The van der Waals surface area contributed by atoms with Crippen molar-refractivity contribution >= 4 is 28.5 Å². The third-order valence-electron chi connectivity index (χ3n) is 4.29. The van der Waals surface area contributed by atoms with Crippen LogP contribution in [0.1, 0.15) is 12.0 Å². The Labute approximate surface area is 151 Å². The van der Waals surface area contributed by atoms with Crippen molar-refractivity contribution in [2.24, 2.45) is 23.3 Å². The molecule has 0 saturated heterocycles. The van der Waals surface area contributed by atoms with E-state index in [2.05, 4.69) is 5.32 Å². The van der Waals surface area contributed by atoms with Crippen LogP contribution in [0.2, 0.25) is 0 Å². The third kappa shape index (κ3) is 4.80. The summed E-state index contributed by atoms with van der Waals surface area (Å²) in [6.07, 6.45) is -0.301. The van der Waals surface area contributed by atoms with E-state index in [0.29, 0.717) is 0 Å². The van der Waals surface area contributed by atoms with Crippen LogP contribution in [0.15, 0.2) is 42.5 Å². The summed E-state index contributed by atoms with van der Waals surface area (Å²) in [4.78, 5) is 35.5. The summed E-state index contributed by atoms with van der Waals surface area (Å²) in [5, 5.41) is 4.90. The van der Waals surface area contributed by atoms with Gasteiger partial charge in [0, 0.05) is 20.1 Å². The Hall–Kier alpha value is -2.93. The molecule has 5 N–H and O–H groups in total. The quantitative estimate of drug-likeness (QED) is 0.611. The van der Waals surface area contributed by atoms with Crippen LogP contribution in [0.5, 0.6) is 0 Å². The SMILES string of the molecule is COC[C@@H](C(=O)NCc1cccc2ccccc12)C(CC(N)=O)C(N)=O. The van der Waals surface area contributed by atoms with Crippen LogP contribution in [0.4, 0.5) is 0 Å². The molecule has 2 aromatic rings. The Morgan fingerprint density at radius 3 is 2.38 bits per heavy atom. The van der Waals surface area contributed by atoms with Crippen molar-refractivity contribution in [1.82, 2.24) is 5.32 Å². The second-order valence-corrected chi connectivity index (χ2v) is 6.10. The molecule has 2 aromatic carbocycles. The molecule has 0 aliphatic heterocycles. The van der Waals surface area contributed by atoms with Gasteiger partial charge in [0.15, 0.2) is 0 Å². The second-order valence-electron chi connectivity index (χ2n) is 6.10. The third-order valence-corrected chi connectivity index (χ3v) is 4.29. The molecule has 0 bridgehead atoms. The van der Waals surface area contributed by atoms with E-state index in [1.165, 1.54) is 7.11 Å². The molecular weight excluding hydrogens is 334 g/mol. The first-order chi connectivity index (χ1) is 12.4. The number of primary amides is 2. The molecular formula is C19H23N3O4. The Morgan fingerprint density at radius 1 is 1.04 bits per heavy atom. The van der Waals surface area contributed by atoms with E-state index in [9.17, 15) is 14.4 Å². The molecule has 1 unspecified atom stereocenters. The zero-order valence-corrected chi connectivity index (χ0v) is 14.6. The van der Waals surface area contributed by atoms with Gasteiger partial charge in [0.2, 0.25) is 17.7 Å². The van der Waals surface area contributed by atoms with Gasteiger partial charge in [-0.3, -0.25) is 14.4 Å². The fourth-order valence-electron chi connectivity index (χ4n) is 2.97. The number of hydrogen-bond donors (Lipinski definition) is 3. The number of ether oxygens (including phenoxy) is 1. The van der Waals surface area contributed by atoms with Gasteiger partial charge in [-0.1, -0.05) is 42.5 Å². The molecule has 0 aromatic heterocycles. The van der Waals surface area contributed by atoms with Gasteiger partial charge in [-0.05, 0) is 16.3 Å². The molecule has 0 heterocycles. The lowest BCUT2D eigenvalue weighted by Gasteiger charge is -2.22. The van der Waals surface area contributed by atoms with E-state index in [0.717, 1.165) is 16.3 Å². The fourth-order valence-corrected chi connectivity index (χ4v) is 2.97. The smallest absolute Gasteiger partial charge is 0.226 e. The largest absolute Gasteiger partial charge is 0.384 e. The Balaban J connectivity index is 2.16. The molecule has 0 aliphatic carbocycles. The Morgan fingerprint density at radius 2 is 1.73 bits per heavy atom. The highest BCUT2D eigenvalue weighted by atomic mass is 16.5. The molecule has 0 radical (unpaired) electrons. The highest BCUT2D eigenvalue weighted by Gasteiger charge is 2.33. The van der Waals surface area contributed by atoms with Crippen molar-refractivity contribution in [3.63, 3.8) is 0 Å². The summed E-state index contributed by atoms with van der Waals surface area (Å²) in [5.41, 5.74) is 11.5. The molecule has 7 heteroatoms. The number of hydrogen-bond acceptors (Lipinski definition) is 4. The van der Waals surface area contributed by atoms with Gasteiger partial charge in [-0.2, -0.15) is 0 Å². The van der Waals surface area contributed by atoms with Crippen molar-refractivity contribution in [2.75, 3.05) is 13.7 Å². The monoisotopic (exact) mass is 357 g/mol. The summed E-state index contributed by atoms with van der Waals surface area (Å²) >= 11 is 0. The van der Waals surface area contributed by atoms with Gasteiger partial charge in [0.25, 0.3) is 0 Å². The van der Waals surface area contributed by atoms with E-state index >= 15 is 0 Å². The van der Waals surface area contributed by atoms with Crippen molar-refractivity contribution in [3.8, 4) is 0 Å². The molecule has 138 valence electrons. The Bertz CT molecular complexity index is 801. The molecule has 0 aliphatic rings. The minimum Gasteiger partial charge on any atom is -0.384 e. The highest BCUT2D eigenvalue weighted by Crippen LogP contribution is 2.20. The Kier molecular flexibility index (Phi) is 6.68. The van der Waals surface area contributed by atoms with Gasteiger partial charge in [0.1, 0.15) is 0 Å². The van der Waals surface area contributed by atoms with Crippen LogP contribution in [-0.2, 0) is 25.7 Å². The first-order valence-corrected chi connectivity index (χ1v) is 8.25. The number of carbonyl (C=O) groups is 3. The normalized spacial score (nSPS) is 13.1. The maximum Gasteiger partial charge on any atom is 0.226 e. The lowest BCUT2D eigenvalue weighted by Crippen LogP contribution is -2.43. The van der Waals surface area contributed by atoms with E-state index in [1.54, 1.807) is 0 Å². The lowest BCUT2D eigenvalue weighted by atomic mass is 9.88. The minimum absolute atomic E-state index is 0.0394. The molecule has 26 heavy (non-hydrogen) atoms. The molecule has 7 nitrogen and oxygen atoms in total. The predicted octanol–water partition coefficient (Wildman–Crippen LogP) is 0.696. The topological polar surface area (TPSA) is 125 Å². The summed E-state index contributed by atoms with van der Waals surface area (Å²) in [6.45, 7) is 0.241. The minimum atomic E-state index is -1.01. The average Bonchev–Trinajstić information content (AvgIpc) is 2.62. The number of rotatable bonds is 9. The van der Waals surface area contributed by atoms with Gasteiger partial charge in [-0.25, -0.2) is 0 Å². The van der Waals surface area contributed by atoms with Crippen LogP contribution in [-0.4, -0.2) is 31.4 Å². The number of nitrogens with two attached hydrogens (primary N) is 2. The van der Waals surface area contributed by atoms with E-state index in [1.807, 2.05) is 42.5 Å². The molecule has 2 rings (SSSR count). The van der Waals surface area contributed by atoms with Crippen LogP contribution >= 0.6 is 0 Å². The maximum atomic E-state index is 12.6. The van der Waals surface area contributed by atoms with Crippen LogP contribution < -0.4 is 16.8 Å². The molecule has 2 atom stereocenters. The van der Waals surface area contributed by atoms with Gasteiger partial charge < -0.3 is 21.5 Å². The summed E-state index contributed by atoms with van der Waals surface area (Å²) in [7, 11) is 1.41. The first-order valence-electron chi connectivity index (χ1n) is 8.25.